The van der Waals surface area contributed by atoms with Crippen molar-refractivity contribution in [3.05, 3.63) is 84.9 Å². The van der Waals surface area contributed by atoms with Crippen LogP contribution < -0.4 is 29.1 Å². The summed E-state index contributed by atoms with van der Waals surface area (Å²) < 4.78 is 45.2. The van der Waals surface area contributed by atoms with Gasteiger partial charge in [0, 0.05) is 53.7 Å². The molecule has 1 atom stereocenters. The first-order valence-corrected chi connectivity index (χ1v) is 16.5. The number of ether oxygens (including phenoxy) is 3. The minimum Gasteiger partial charge on any atom is -0.493 e. The molecule has 0 radical (unpaired) electrons. The minimum absolute atomic E-state index is 0.176. The lowest BCUT2D eigenvalue weighted by molar-refractivity contribution is 0.103. The average molecular weight is 631 g/mol. The van der Waals surface area contributed by atoms with Crippen LogP contribution >= 0.6 is 0 Å². The summed E-state index contributed by atoms with van der Waals surface area (Å²) in [6, 6.07) is 26.1. The summed E-state index contributed by atoms with van der Waals surface area (Å²) in [5, 5.41) is 16.3. The molecule has 0 spiro atoms. The predicted octanol–water partition coefficient (Wildman–Crippen LogP) is 5.14. The van der Waals surface area contributed by atoms with Gasteiger partial charge in [-0.15, -0.1) is 0 Å². The largest absolute Gasteiger partial charge is 0.493 e. The van der Waals surface area contributed by atoms with Crippen molar-refractivity contribution in [3.8, 4) is 17.2 Å². The topological polar surface area (TPSA) is 125 Å². The number of anilines is 2. The van der Waals surface area contributed by atoms with Crippen molar-refractivity contribution in [2.45, 2.75) is 29.9 Å². The average Bonchev–Trinajstić information content (AvgIpc) is 3.46. The Labute approximate surface area is 263 Å². The van der Waals surface area contributed by atoms with Crippen LogP contribution in [0.5, 0.6) is 17.2 Å². The Hall–Kier alpha value is -4.45. The van der Waals surface area contributed by atoms with Crippen LogP contribution in [0.2, 0.25) is 0 Å². The van der Waals surface area contributed by atoms with Crippen LogP contribution in [-0.4, -0.2) is 71.1 Å². The minimum atomic E-state index is -3.78. The van der Waals surface area contributed by atoms with Gasteiger partial charge < -0.3 is 34.5 Å². The molecule has 1 fully saturated rings. The molecule has 5 aromatic rings. The van der Waals surface area contributed by atoms with Crippen LogP contribution in [0.3, 0.4) is 0 Å². The van der Waals surface area contributed by atoms with Crippen LogP contribution in [-0.2, 0) is 10.0 Å². The molecule has 45 heavy (non-hydrogen) atoms. The number of piperidine rings is 1. The van der Waals surface area contributed by atoms with E-state index >= 15 is 0 Å². The highest BCUT2D eigenvalue weighted by molar-refractivity contribution is 7.92. The Morgan fingerprint density at radius 2 is 1.62 bits per heavy atom. The van der Waals surface area contributed by atoms with Crippen LogP contribution in [0.4, 0.5) is 11.4 Å². The zero-order valence-corrected chi connectivity index (χ0v) is 26.1. The molecule has 1 aliphatic rings. The predicted molar refractivity (Wildman–Crippen MR) is 177 cm³/mol. The zero-order chi connectivity index (χ0) is 31.4. The highest BCUT2D eigenvalue weighted by Crippen LogP contribution is 2.33. The SMILES string of the molecule is COc1ccc(NS(=O)(=O)c2ccc(N3CCC(NC[C@H](O)COc4cccc5[nH]c6ccccc6c45)CC3)cc2)cc1OC. The van der Waals surface area contributed by atoms with E-state index in [0.717, 1.165) is 59.2 Å². The number of fused-ring (bicyclic) bond motifs is 3. The molecule has 0 unspecified atom stereocenters. The van der Waals surface area contributed by atoms with Crippen LogP contribution in [0.25, 0.3) is 21.8 Å². The van der Waals surface area contributed by atoms with Gasteiger partial charge in [-0.2, -0.15) is 0 Å². The van der Waals surface area contributed by atoms with Crippen molar-refractivity contribution in [1.29, 1.82) is 0 Å². The van der Waals surface area contributed by atoms with E-state index in [4.69, 9.17) is 14.2 Å². The Bertz CT molecular complexity index is 1870. The first kappa shape index (κ1) is 30.6. The third kappa shape index (κ3) is 6.80. The maximum absolute atomic E-state index is 13.0. The molecule has 2 heterocycles. The molecular formula is C34H38N4O6S. The van der Waals surface area contributed by atoms with E-state index in [1.165, 1.54) is 14.2 Å². The summed E-state index contributed by atoms with van der Waals surface area (Å²) in [4.78, 5) is 5.84. The van der Waals surface area contributed by atoms with Gasteiger partial charge in [0.05, 0.1) is 30.3 Å². The number of nitrogens with zero attached hydrogens (tertiary/aromatic N) is 1. The third-order valence-electron chi connectivity index (χ3n) is 8.21. The van der Waals surface area contributed by atoms with Gasteiger partial charge in [0.15, 0.2) is 11.5 Å². The molecule has 4 aromatic carbocycles. The van der Waals surface area contributed by atoms with Gasteiger partial charge in [-0.1, -0.05) is 24.3 Å². The highest BCUT2D eigenvalue weighted by atomic mass is 32.2. The fourth-order valence-corrected chi connectivity index (χ4v) is 6.88. The lowest BCUT2D eigenvalue weighted by atomic mass is 10.0. The van der Waals surface area contributed by atoms with E-state index in [1.54, 1.807) is 30.3 Å². The molecule has 0 aliphatic carbocycles. The van der Waals surface area contributed by atoms with Crippen LogP contribution in [0, 0.1) is 0 Å². The molecule has 236 valence electrons. The normalized spacial score (nSPS) is 14.9. The second kappa shape index (κ2) is 13.3. The third-order valence-corrected chi connectivity index (χ3v) is 9.61. The molecular weight excluding hydrogens is 592 g/mol. The van der Waals surface area contributed by atoms with Crippen molar-refractivity contribution >= 4 is 43.2 Å². The number of hydrogen-bond acceptors (Lipinski definition) is 8. The Morgan fingerprint density at radius 1 is 0.889 bits per heavy atom. The number of hydrogen-bond donors (Lipinski definition) is 4. The summed E-state index contributed by atoms with van der Waals surface area (Å²) in [5.74, 6) is 1.71. The number of aliphatic hydroxyl groups is 1. The number of nitrogens with one attached hydrogen (secondary N) is 3. The monoisotopic (exact) mass is 630 g/mol. The molecule has 11 heteroatoms. The number of sulfonamides is 1. The lowest BCUT2D eigenvalue weighted by Gasteiger charge is -2.34. The van der Waals surface area contributed by atoms with Crippen molar-refractivity contribution in [2.24, 2.45) is 0 Å². The molecule has 0 bridgehead atoms. The summed E-state index contributed by atoms with van der Waals surface area (Å²) >= 11 is 0. The molecule has 1 aromatic heterocycles. The van der Waals surface area contributed by atoms with Crippen molar-refractivity contribution in [2.75, 3.05) is 50.1 Å². The first-order chi connectivity index (χ1) is 21.8. The van der Waals surface area contributed by atoms with Gasteiger partial charge in [-0.3, -0.25) is 4.72 Å². The number of methoxy groups -OCH3 is 2. The number of aromatic nitrogens is 1. The van der Waals surface area contributed by atoms with Gasteiger partial charge >= 0.3 is 0 Å². The molecule has 6 rings (SSSR count). The highest BCUT2D eigenvalue weighted by Gasteiger charge is 2.22. The molecule has 1 aliphatic heterocycles. The molecule has 1 saturated heterocycles. The molecule has 0 saturated carbocycles. The van der Waals surface area contributed by atoms with E-state index in [2.05, 4.69) is 26.0 Å². The van der Waals surface area contributed by atoms with Crippen LogP contribution in [0.1, 0.15) is 12.8 Å². The van der Waals surface area contributed by atoms with Gasteiger partial charge in [0.2, 0.25) is 0 Å². The van der Waals surface area contributed by atoms with Crippen LogP contribution in [0.15, 0.2) is 89.8 Å². The van der Waals surface area contributed by atoms with E-state index in [9.17, 15) is 13.5 Å². The van der Waals surface area contributed by atoms with E-state index in [1.807, 2.05) is 48.5 Å². The van der Waals surface area contributed by atoms with Gasteiger partial charge in [0.25, 0.3) is 10.0 Å². The summed E-state index contributed by atoms with van der Waals surface area (Å²) in [5.41, 5.74) is 3.42. The Morgan fingerprint density at radius 3 is 2.38 bits per heavy atom. The maximum atomic E-state index is 13.0. The standard InChI is InChI=1S/C34H38N4O6S/c1-42-31-15-10-24(20-33(31)43-2)37-45(40,41)27-13-11-25(12-14-27)38-18-16-23(17-19-38)35-21-26(39)22-44-32-9-5-8-30-34(32)28-6-3-4-7-29(28)36-30/h3-15,20,23,26,35-37,39H,16-19,21-22H2,1-2H3/t26-/m0/s1. The van der Waals surface area contributed by atoms with Gasteiger partial charge in [0.1, 0.15) is 18.5 Å². The summed E-state index contributed by atoms with van der Waals surface area (Å²) in [7, 11) is -0.754. The second-order valence-electron chi connectivity index (χ2n) is 11.2. The van der Waals surface area contributed by atoms with Crippen molar-refractivity contribution < 1.29 is 27.7 Å². The second-order valence-corrected chi connectivity index (χ2v) is 12.8. The fraction of sp³-hybridized carbons (Fsp3) is 0.294. The van der Waals surface area contributed by atoms with E-state index in [0.29, 0.717) is 23.7 Å². The molecule has 4 N–H and O–H groups in total. The maximum Gasteiger partial charge on any atom is 0.261 e. The number of aliphatic hydroxyl groups excluding tert-OH is 1. The van der Waals surface area contributed by atoms with E-state index < -0.39 is 16.1 Å². The smallest absolute Gasteiger partial charge is 0.261 e. The number of rotatable bonds is 12. The number of aromatic amines is 1. The zero-order valence-electron chi connectivity index (χ0n) is 25.3. The quantitative estimate of drug-likeness (QED) is 0.149. The number of para-hydroxylation sites is 1. The summed E-state index contributed by atoms with van der Waals surface area (Å²) in [6.07, 6.45) is 1.16. The van der Waals surface area contributed by atoms with Crippen molar-refractivity contribution in [1.82, 2.24) is 10.3 Å². The van der Waals surface area contributed by atoms with Crippen molar-refractivity contribution in [3.63, 3.8) is 0 Å². The Kier molecular flexibility index (Phi) is 9.02. The van der Waals surface area contributed by atoms with Gasteiger partial charge in [-0.05, 0) is 67.4 Å². The van der Waals surface area contributed by atoms with E-state index in [-0.39, 0.29) is 17.5 Å². The Balaban J connectivity index is 0.976. The molecule has 0 amide bonds. The first-order valence-electron chi connectivity index (χ1n) is 15.0. The lowest BCUT2D eigenvalue weighted by Crippen LogP contribution is -2.45. The van der Waals surface area contributed by atoms with Gasteiger partial charge in [-0.25, -0.2) is 8.42 Å². The molecule has 10 nitrogen and oxygen atoms in total. The number of H-pyrrole nitrogens is 1. The summed E-state index contributed by atoms with van der Waals surface area (Å²) in [6.45, 7) is 2.28. The number of benzene rings is 4. The fourth-order valence-electron chi connectivity index (χ4n) is 5.83.